The number of aliphatic carboxylic acids is 1. The molecule has 2 unspecified atom stereocenters. The zero-order valence-corrected chi connectivity index (χ0v) is 13.3. The van der Waals surface area contributed by atoms with E-state index in [4.69, 9.17) is 9.52 Å². The molecule has 0 amide bonds. The standard InChI is InChI=1S/C19H13FN2O3/c1-9-13(8-21)16-17(15(20)14(9)10-5-3-2-4-6-10)25-18(22-16)11-7-12(11)19(23)24/h2-6,11-12H,7H2,1H3,(H,23,24). The summed E-state index contributed by atoms with van der Waals surface area (Å²) in [6.07, 6.45) is 0.413. The minimum Gasteiger partial charge on any atom is -0.481 e. The molecule has 4 rings (SSSR count). The van der Waals surface area contributed by atoms with Gasteiger partial charge >= 0.3 is 5.97 Å². The minimum absolute atomic E-state index is 0.0907. The molecule has 1 heterocycles. The molecule has 124 valence electrons. The van der Waals surface area contributed by atoms with Crippen LogP contribution in [0.5, 0.6) is 0 Å². The van der Waals surface area contributed by atoms with Gasteiger partial charge in [0.2, 0.25) is 0 Å². The van der Waals surface area contributed by atoms with Gasteiger partial charge in [-0.2, -0.15) is 5.26 Å². The van der Waals surface area contributed by atoms with Crippen molar-refractivity contribution in [3.05, 3.63) is 53.2 Å². The first-order valence-electron chi connectivity index (χ1n) is 7.83. The number of benzene rings is 2. The first kappa shape index (κ1) is 15.3. The Kier molecular flexibility index (Phi) is 3.32. The van der Waals surface area contributed by atoms with Gasteiger partial charge < -0.3 is 9.52 Å². The molecule has 1 aromatic heterocycles. The van der Waals surface area contributed by atoms with Crippen molar-refractivity contribution in [2.24, 2.45) is 5.92 Å². The van der Waals surface area contributed by atoms with Crippen molar-refractivity contribution in [1.29, 1.82) is 5.26 Å². The van der Waals surface area contributed by atoms with Crippen LogP contribution in [-0.2, 0) is 4.79 Å². The summed E-state index contributed by atoms with van der Waals surface area (Å²) >= 11 is 0. The molecule has 1 fully saturated rings. The second-order valence-electron chi connectivity index (χ2n) is 6.18. The molecule has 25 heavy (non-hydrogen) atoms. The normalized spacial score (nSPS) is 18.9. The van der Waals surface area contributed by atoms with Crippen LogP contribution in [0.3, 0.4) is 0 Å². The van der Waals surface area contributed by atoms with Gasteiger partial charge in [-0.25, -0.2) is 9.37 Å². The van der Waals surface area contributed by atoms with Crippen molar-refractivity contribution in [3.8, 4) is 17.2 Å². The molecule has 0 aliphatic heterocycles. The third kappa shape index (κ3) is 2.28. The van der Waals surface area contributed by atoms with E-state index in [2.05, 4.69) is 11.1 Å². The van der Waals surface area contributed by atoms with Gasteiger partial charge in [0.15, 0.2) is 17.3 Å². The van der Waals surface area contributed by atoms with E-state index < -0.39 is 17.7 Å². The van der Waals surface area contributed by atoms with Gasteiger partial charge in [0.25, 0.3) is 0 Å². The number of nitriles is 1. The molecule has 1 N–H and O–H groups in total. The number of aromatic nitrogens is 1. The number of nitrogens with zero attached hydrogens (tertiary/aromatic N) is 2. The highest BCUT2D eigenvalue weighted by molar-refractivity contribution is 5.89. The SMILES string of the molecule is Cc1c(-c2ccccc2)c(F)c2oc(C3CC3C(=O)O)nc2c1C#N. The first-order valence-corrected chi connectivity index (χ1v) is 7.83. The largest absolute Gasteiger partial charge is 0.481 e. The van der Waals surface area contributed by atoms with Crippen molar-refractivity contribution in [1.82, 2.24) is 4.98 Å². The van der Waals surface area contributed by atoms with E-state index in [0.717, 1.165) is 0 Å². The predicted octanol–water partition coefficient (Wildman–Crippen LogP) is 4.00. The Hall–Kier alpha value is -3.20. The fourth-order valence-electron chi connectivity index (χ4n) is 3.22. The van der Waals surface area contributed by atoms with E-state index in [0.29, 0.717) is 23.1 Å². The Labute approximate surface area is 142 Å². The van der Waals surface area contributed by atoms with E-state index in [9.17, 15) is 10.1 Å². The molecule has 2 atom stereocenters. The average Bonchev–Trinajstić information content (AvgIpc) is 3.29. The number of carboxylic acid groups (broad SMARTS) is 1. The molecule has 0 spiro atoms. The van der Waals surface area contributed by atoms with Gasteiger partial charge in [0.05, 0.1) is 11.5 Å². The Balaban J connectivity index is 1.95. The summed E-state index contributed by atoms with van der Waals surface area (Å²) in [4.78, 5) is 15.3. The lowest BCUT2D eigenvalue weighted by molar-refractivity contribution is -0.138. The molecule has 6 heteroatoms. The lowest BCUT2D eigenvalue weighted by atomic mass is 9.95. The van der Waals surface area contributed by atoms with Gasteiger partial charge in [-0.1, -0.05) is 30.3 Å². The smallest absolute Gasteiger partial charge is 0.307 e. The van der Waals surface area contributed by atoms with Crippen LogP contribution < -0.4 is 0 Å². The quantitative estimate of drug-likeness (QED) is 0.781. The minimum atomic E-state index is -0.922. The monoisotopic (exact) mass is 336 g/mol. The molecule has 0 radical (unpaired) electrons. The fraction of sp³-hybridized carbons (Fsp3) is 0.211. The Morgan fingerprint density at radius 3 is 2.72 bits per heavy atom. The topological polar surface area (TPSA) is 87.1 Å². The number of carboxylic acids is 1. The van der Waals surface area contributed by atoms with E-state index in [1.807, 2.05) is 6.07 Å². The van der Waals surface area contributed by atoms with Crippen LogP contribution in [0.2, 0.25) is 0 Å². The molecular formula is C19H13FN2O3. The molecule has 3 aromatic rings. The van der Waals surface area contributed by atoms with Crippen molar-refractivity contribution in [2.45, 2.75) is 19.3 Å². The van der Waals surface area contributed by atoms with Gasteiger partial charge in [-0.15, -0.1) is 0 Å². The van der Waals surface area contributed by atoms with Crippen LogP contribution in [0, 0.1) is 30.0 Å². The van der Waals surface area contributed by atoms with E-state index in [1.165, 1.54) is 0 Å². The summed E-state index contributed by atoms with van der Waals surface area (Å²) in [5, 5.41) is 18.6. The number of rotatable bonds is 3. The molecule has 5 nitrogen and oxygen atoms in total. The van der Waals surface area contributed by atoms with E-state index in [1.54, 1.807) is 31.2 Å². The summed E-state index contributed by atoms with van der Waals surface area (Å²) in [6, 6.07) is 11.0. The van der Waals surface area contributed by atoms with Gasteiger partial charge in [0, 0.05) is 11.5 Å². The molecule has 0 bridgehead atoms. The third-order valence-electron chi connectivity index (χ3n) is 4.65. The fourth-order valence-corrected chi connectivity index (χ4v) is 3.22. The highest BCUT2D eigenvalue weighted by Gasteiger charge is 2.48. The summed E-state index contributed by atoms with van der Waals surface area (Å²) in [7, 11) is 0. The first-order chi connectivity index (χ1) is 12.0. The van der Waals surface area contributed by atoms with Crippen molar-refractivity contribution < 1.29 is 18.7 Å². The lowest BCUT2D eigenvalue weighted by Gasteiger charge is -2.09. The maximum Gasteiger partial charge on any atom is 0.307 e. The Morgan fingerprint density at radius 2 is 2.12 bits per heavy atom. The number of fused-ring (bicyclic) bond motifs is 1. The zero-order chi connectivity index (χ0) is 17.7. The molecule has 1 aliphatic rings. The van der Waals surface area contributed by atoms with Gasteiger partial charge in [-0.05, 0) is 24.5 Å². The van der Waals surface area contributed by atoms with Crippen molar-refractivity contribution in [3.63, 3.8) is 0 Å². The molecule has 1 saturated carbocycles. The van der Waals surface area contributed by atoms with Crippen LogP contribution >= 0.6 is 0 Å². The number of oxazole rings is 1. The van der Waals surface area contributed by atoms with Crippen LogP contribution in [0.4, 0.5) is 4.39 Å². The molecular weight excluding hydrogens is 323 g/mol. The number of hydrogen-bond acceptors (Lipinski definition) is 4. The molecule has 2 aromatic carbocycles. The maximum atomic E-state index is 15.1. The highest BCUT2D eigenvalue weighted by Crippen LogP contribution is 2.48. The number of hydrogen-bond donors (Lipinski definition) is 1. The predicted molar refractivity (Wildman–Crippen MR) is 87.3 cm³/mol. The summed E-state index contributed by atoms with van der Waals surface area (Å²) < 4.78 is 20.7. The second-order valence-corrected chi connectivity index (χ2v) is 6.18. The van der Waals surface area contributed by atoms with Crippen LogP contribution in [-0.4, -0.2) is 16.1 Å². The Bertz CT molecular complexity index is 1050. The molecule has 0 saturated heterocycles. The zero-order valence-electron chi connectivity index (χ0n) is 13.3. The second kappa shape index (κ2) is 5.42. The third-order valence-corrected chi connectivity index (χ3v) is 4.65. The van der Waals surface area contributed by atoms with E-state index >= 15 is 4.39 Å². The van der Waals surface area contributed by atoms with Crippen LogP contribution in [0.1, 0.15) is 29.4 Å². The Morgan fingerprint density at radius 1 is 1.40 bits per heavy atom. The molecule has 1 aliphatic carbocycles. The van der Waals surface area contributed by atoms with Crippen LogP contribution in [0.25, 0.3) is 22.2 Å². The van der Waals surface area contributed by atoms with Gasteiger partial charge in [0.1, 0.15) is 11.6 Å². The maximum absolute atomic E-state index is 15.1. The average molecular weight is 336 g/mol. The van der Waals surface area contributed by atoms with E-state index in [-0.39, 0.29) is 28.5 Å². The number of carbonyl (C=O) groups is 1. The van der Waals surface area contributed by atoms with Crippen molar-refractivity contribution >= 4 is 17.1 Å². The highest BCUT2D eigenvalue weighted by atomic mass is 19.1. The van der Waals surface area contributed by atoms with Crippen LogP contribution in [0.15, 0.2) is 34.7 Å². The number of halogens is 1. The van der Waals surface area contributed by atoms with Crippen molar-refractivity contribution in [2.75, 3.05) is 0 Å². The summed E-state index contributed by atoms with van der Waals surface area (Å²) in [6.45, 7) is 1.68. The summed E-state index contributed by atoms with van der Waals surface area (Å²) in [5.41, 5.74) is 1.75. The van der Waals surface area contributed by atoms with Gasteiger partial charge in [-0.3, -0.25) is 4.79 Å². The summed E-state index contributed by atoms with van der Waals surface area (Å²) in [5.74, 6) is -2.24. The lowest BCUT2D eigenvalue weighted by Crippen LogP contribution is -1.98.